The number of allylic oxidation sites excluding steroid dienone is 2. The molecule has 38 valence electrons. The Kier molecular flexibility index (Phi) is 4.41. The highest BCUT2D eigenvalue weighted by atomic mass is 14.6. The maximum absolute atomic E-state index is 7.92. The van der Waals surface area contributed by atoms with Gasteiger partial charge in [0.25, 0.3) is 0 Å². The van der Waals surface area contributed by atoms with E-state index in [4.69, 9.17) is 11.7 Å². The highest BCUT2D eigenvalue weighted by Crippen LogP contribution is 1.63. The van der Waals surface area contributed by atoms with Crippen LogP contribution in [0.4, 0.5) is 0 Å². The molecule has 0 amide bonds. The molecule has 0 aromatic heterocycles. The summed E-state index contributed by atoms with van der Waals surface area (Å²) in [5.41, 5.74) is 0. The fourth-order valence-electron chi connectivity index (χ4n) is 0.172. The minimum Gasteiger partial charge on any atom is -0.206 e. The van der Waals surface area contributed by atoms with Crippen molar-refractivity contribution in [3.63, 3.8) is 0 Å². The first-order chi connectivity index (χ1) is 3.91. The van der Waals surface area contributed by atoms with Gasteiger partial charge in [-0.25, -0.2) is 4.99 Å². The van der Waals surface area contributed by atoms with E-state index in [1.807, 2.05) is 6.04 Å². The van der Waals surface area contributed by atoms with E-state index in [1.54, 1.807) is 6.07 Å². The second kappa shape index (κ2) is 5.46. The van der Waals surface area contributed by atoms with Gasteiger partial charge >= 0.3 is 0 Å². The van der Waals surface area contributed by atoms with Crippen molar-refractivity contribution in [2.45, 2.75) is 0 Å². The van der Waals surface area contributed by atoms with Gasteiger partial charge in [0.15, 0.2) is 0 Å². The van der Waals surface area contributed by atoms with Gasteiger partial charge in [-0.05, 0) is 6.08 Å². The first-order valence-electron chi connectivity index (χ1n) is 1.95. The smallest absolute Gasteiger partial charge is 0.0912 e. The fourth-order valence-corrected chi connectivity index (χ4v) is 0.172. The minimum absolute atomic E-state index is 1.29. The van der Waals surface area contributed by atoms with Crippen molar-refractivity contribution in [1.29, 1.82) is 5.26 Å². The molecule has 0 unspecified atom stereocenters. The molecule has 0 saturated heterocycles. The molecule has 2 nitrogen and oxygen atoms in total. The van der Waals surface area contributed by atoms with Crippen molar-refractivity contribution >= 4 is 6.21 Å². The van der Waals surface area contributed by atoms with Crippen LogP contribution in [0.3, 0.4) is 0 Å². The quantitative estimate of drug-likeness (QED) is 0.274. The van der Waals surface area contributed by atoms with E-state index in [0.29, 0.717) is 0 Å². The van der Waals surface area contributed by atoms with Gasteiger partial charge in [0.2, 0.25) is 0 Å². The van der Waals surface area contributed by atoms with Crippen LogP contribution in [0, 0.1) is 23.8 Å². The Labute approximate surface area is 48.2 Å². The van der Waals surface area contributed by atoms with Gasteiger partial charge in [-0.1, -0.05) is 6.42 Å². The Bertz CT molecular complexity index is 154. The van der Waals surface area contributed by atoms with E-state index in [0.717, 1.165) is 0 Å². The summed E-state index contributed by atoms with van der Waals surface area (Å²) >= 11 is 0. The largest absolute Gasteiger partial charge is 0.206 e. The number of rotatable bonds is 1. The monoisotopic (exact) mass is 104 g/mol. The Balaban J connectivity index is 3.51. The molecule has 0 aromatic rings. The van der Waals surface area contributed by atoms with Gasteiger partial charge in [-0.2, -0.15) is 5.26 Å². The summed E-state index contributed by atoms with van der Waals surface area (Å²) < 4.78 is 0. The zero-order valence-electron chi connectivity index (χ0n) is 4.20. The fraction of sp³-hybridized carbons (Fsp3) is 0. The third kappa shape index (κ3) is 4.46. The van der Waals surface area contributed by atoms with Gasteiger partial charge in [0, 0.05) is 18.3 Å². The summed E-state index contributed by atoms with van der Waals surface area (Å²) in [6.45, 7) is 0. The molecule has 2 heteroatoms. The third-order valence-corrected chi connectivity index (χ3v) is 0.406. The molecule has 0 heterocycles. The molecule has 0 aliphatic carbocycles. The van der Waals surface area contributed by atoms with Crippen molar-refractivity contribution in [2.24, 2.45) is 4.99 Å². The Morgan fingerprint density at radius 3 is 2.88 bits per heavy atom. The average Bonchev–Trinajstić information content (AvgIpc) is 1.81. The van der Waals surface area contributed by atoms with Crippen molar-refractivity contribution in [3.05, 3.63) is 12.2 Å². The first kappa shape index (κ1) is 6.46. The van der Waals surface area contributed by atoms with E-state index >= 15 is 0 Å². The lowest BCUT2D eigenvalue weighted by atomic mass is 10.5. The zero-order valence-corrected chi connectivity index (χ0v) is 4.20. The first-order valence-corrected chi connectivity index (χ1v) is 1.95. The molecule has 0 aromatic carbocycles. The lowest BCUT2D eigenvalue weighted by Crippen LogP contribution is -1.58. The van der Waals surface area contributed by atoms with Crippen LogP contribution in [0.25, 0.3) is 0 Å². The van der Waals surface area contributed by atoms with Crippen LogP contribution in [-0.2, 0) is 0 Å². The van der Waals surface area contributed by atoms with Crippen LogP contribution in [0.2, 0.25) is 0 Å². The van der Waals surface area contributed by atoms with Crippen molar-refractivity contribution in [3.8, 4) is 18.5 Å². The van der Waals surface area contributed by atoms with Crippen molar-refractivity contribution in [1.82, 2.24) is 0 Å². The summed E-state index contributed by atoms with van der Waals surface area (Å²) in [6.07, 6.45) is 8.89. The third-order valence-electron chi connectivity index (χ3n) is 0.406. The molecule has 0 aliphatic rings. The maximum atomic E-state index is 7.92. The van der Waals surface area contributed by atoms with Gasteiger partial charge < -0.3 is 0 Å². The Morgan fingerprint density at radius 1 is 1.62 bits per heavy atom. The second-order valence-corrected chi connectivity index (χ2v) is 0.895. The molecular formula is C6H4N2. The molecule has 0 spiro atoms. The summed E-state index contributed by atoms with van der Waals surface area (Å²) in [6, 6.07) is 3.82. The lowest BCUT2D eigenvalue weighted by molar-refractivity contribution is 1.53. The summed E-state index contributed by atoms with van der Waals surface area (Å²) in [4.78, 5) is 3.37. The van der Waals surface area contributed by atoms with Crippen molar-refractivity contribution in [2.75, 3.05) is 0 Å². The topological polar surface area (TPSA) is 36.1 Å². The predicted molar refractivity (Wildman–Crippen MR) is 32.1 cm³/mol. The van der Waals surface area contributed by atoms with Crippen LogP contribution in [0.5, 0.6) is 0 Å². The van der Waals surface area contributed by atoms with Gasteiger partial charge in [-0.15, -0.1) is 0 Å². The van der Waals surface area contributed by atoms with E-state index < -0.39 is 0 Å². The summed E-state index contributed by atoms with van der Waals surface area (Å²) in [5, 5.41) is 7.92. The Morgan fingerprint density at radius 2 is 2.38 bits per heavy atom. The number of hydrogen-bond acceptors (Lipinski definition) is 2. The van der Waals surface area contributed by atoms with E-state index in [1.165, 1.54) is 18.4 Å². The van der Waals surface area contributed by atoms with Crippen molar-refractivity contribution < 1.29 is 0 Å². The Hall–Kier alpha value is -1.54. The molecule has 0 radical (unpaired) electrons. The second-order valence-electron chi connectivity index (χ2n) is 0.895. The van der Waals surface area contributed by atoms with Crippen LogP contribution in [0.1, 0.15) is 0 Å². The van der Waals surface area contributed by atoms with Gasteiger partial charge in [0.05, 0.1) is 6.07 Å². The van der Waals surface area contributed by atoms with Crippen LogP contribution in [0.15, 0.2) is 17.1 Å². The highest BCUT2D eigenvalue weighted by molar-refractivity contribution is 5.72. The van der Waals surface area contributed by atoms with Crippen LogP contribution < -0.4 is 0 Å². The standard InChI is InChI=1S/C6H4N2/c1-2-8-6-4-3-5-7/h1,3-4,6H/b4-3-,8-6?. The minimum atomic E-state index is 1.29. The summed E-state index contributed by atoms with van der Waals surface area (Å²) in [7, 11) is 0. The zero-order chi connectivity index (χ0) is 6.24. The molecule has 0 aliphatic heterocycles. The predicted octanol–water partition coefficient (Wildman–Crippen LogP) is 0.728. The van der Waals surface area contributed by atoms with E-state index in [2.05, 4.69) is 4.99 Å². The normalized spacial score (nSPS) is 9.25. The van der Waals surface area contributed by atoms with E-state index in [9.17, 15) is 0 Å². The molecule has 0 N–H and O–H groups in total. The van der Waals surface area contributed by atoms with E-state index in [-0.39, 0.29) is 0 Å². The molecule has 0 bridgehead atoms. The summed E-state index contributed by atoms with van der Waals surface area (Å²) in [5.74, 6) is 0. The van der Waals surface area contributed by atoms with Gasteiger partial charge in [0.1, 0.15) is 0 Å². The maximum Gasteiger partial charge on any atom is 0.0912 e. The molecule has 0 fully saturated rings. The highest BCUT2D eigenvalue weighted by Gasteiger charge is 1.57. The number of nitrogens with zero attached hydrogens (tertiary/aromatic N) is 2. The number of terminal acetylenes is 1. The molecule has 0 saturated carbocycles. The number of hydrogen-bond donors (Lipinski definition) is 0. The molecule has 0 rings (SSSR count). The molecule has 0 atom stereocenters. The number of aliphatic imine (C=N–C) groups is 1. The molecule has 8 heavy (non-hydrogen) atoms. The SMILES string of the molecule is C#CN=C/C=C\C#N. The lowest BCUT2D eigenvalue weighted by Gasteiger charge is -1.61. The van der Waals surface area contributed by atoms with Gasteiger partial charge in [-0.3, -0.25) is 0 Å². The van der Waals surface area contributed by atoms with Crippen LogP contribution in [-0.4, -0.2) is 6.21 Å². The van der Waals surface area contributed by atoms with Crippen LogP contribution >= 0.6 is 0 Å². The average molecular weight is 104 g/mol. The number of nitriles is 1. The molecular weight excluding hydrogens is 100 g/mol.